The van der Waals surface area contributed by atoms with E-state index < -0.39 is 5.97 Å². The molecule has 0 saturated carbocycles. The van der Waals surface area contributed by atoms with E-state index in [4.69, 9.17) is 16.3 Å². The largest absolute Gasteiger partial charge is 0.462 e. The molecule has 0 saturated heterocycles. The molecule has 120 valence electrons. The van der Waals surface area contributed by atoms with Gasteiger partial charge in [0.2, 0.25) is 0 Å². The van der Waals surface area contributed by atoms with E-state index in [1.54, 1.807) is 42.5 Å². The van der Waals surface area contributed by atoms with Crippen molar-refractivity contribution in [2.24, 2.45) is 0 Å². The first kappa shape index (κ1) is 17.0. The number of carbonyl (C=O) groups is 2. The number of benzene rings is 2. The summed E-state index contributed by atoms with van der Waals surface area (Å²) in [5.74, 6) is -0.757. The Bertz CT molecular complexity index is 700. The normalized spacial score (nSPS) is 10.2. The molecule has 1 N–H and O–H groups in total. The number of anilines is 1. The summed E-state index contributed by atoms with van der Waals surface area (Å²) in [6, 6.07) is 13.4. The first-order chi connectivity index (χ1) is 11.1. The van der Waals surface area contributed by atoms with Crippen molar-refractivity contribution in [3.63, 3.8) is 0 Å². The number of para-hydroxylation sites is 1. The van der Waals surface area contributed by atoms with E-state index in [-0.39, 0.29) is 5.91 Å². The lowest BCUT2D eigenvalue weighted by atomic mass is 10.1. The highest BCUT2D eigenvalue weighted by atomic mass is 35.5. The first-order valence-electron chi connectivity index (χ1n) is 7.45. The molecule has 0 bridgehead atoms. The van der Waals surface area contributed by atoms with Crippen molar-refractivity contribution in [3.05, 3.63) is 64.7 Å². The van der Waals surface area contributed by atoms with Gasteiger partial charge in [-0.3, -0.25) is 4.79 Å². The summed E-state index contributed by atoms with van der Waals surface area (Å²) in [6.45, 7) is 2.40. The molecular weight excluding hydrogens is 314 g/mol. The average Bonchev–Trinajstić information content (AvgIpc) is 2.57. The third-order valence-corrected chi connectivity index (χ3v) is 3.54. The summed E-state index contributed by atoms with van der Waals surface area (Å²) in [6.07, 6.45) is 1.77. The van der Waals surface area contributed by atoms with Crippen LogP contribution in [0.5, 0.6) is 0 Å². The van der Waals surface area contributed by atoms with Crippen LogP contribution in [0.4, 0.5) is 5.69 Å². The second kappa shape index (κ2) is 8.34. The number of hydrogen-bond acceptors (Lipinski definition) is 3. The van der Waals surface area contributed by atoms with Crippen LogP contribution in [0.3, 0.4) is 0 Å². The second-order valence-corrected chi connectivity index (χ2v) is 5.41. The van der Waals surface area contributed by atoms with Gasteiger partial charge in [0, 0.05) is 5.56 Å². The van der Waals surface area contributed by atoms with Gasteiger partial charge >= 0.3 is 5.97 Å². The summed E-state index contributed by atoms with van der Waals surface area (Å²) in [4.78, 5) is 24.2. The minimum absolute atomic E-state index is 0.332. The fourth-order valence-corrected chi connectivity index (χ4v) is 2.12. The Morgan fingerprint density at radius 2 is 1.83 bits per heavy atom. The van der Waals surface area contributed by atoms with Gasteiger partial charge in [-0.1, -0.05) is 43.1 Å². The lowest BCUT2D eigenvalue weighted by Crippen LogP contribution is -2.14. The van der Waals surface area contributed by atoms with Crippen molar-refractivity contribution in [1.29, 1.82) is 0 Å². The Kier molecular flexibility index (Phi) is 6.18. The maximum Gasteiger partial charge on any atom is 0.338 e. The molecule has 0 spiro atoms. The summed E-state index contributed by atoms with van der Waals surface area (Å²) >= 11 is 6.02. The number of ether oxygens (including phenoxy) is 1. The molecule has 2 aromatic rings. The van der Waals surface area contributed by atoms with Gasteiger partial charge in [0.1, 0.15) is 0 Å². The van der Waals surface area contributed by atoms with Crippen LogP contribution in [0.15, 0.2) is 48.5 Å². The number of unbranched alkanes of at least 4 members (excludes halogenated alkanes) is 1. The van der Waals surface area contributed by atoms with Crippen LogP contribution < -0.4 is 5.32 Å². The minimum Gasteiger partial charge on any atom is -0.462 e. The smallest absolute Gasteiger partial charge is 0.338 e. The zero-order chi connectivity index (χ0) is 16.7. The van der Waals surface area contributed by atoms with Crippen LogP contribution in [0.1, 0.15) is 40.5 Å². The van der Waals surface area contributed by atoms with Crippen molar-refractivity contribution >= 4 is 29.2 Å². The number of carbonyl (C=O) groups excluding carboxylic acids is 2. The van der Waals surface area contributed by atoms with Gasteiger partial charge in [-0.15, -0.1) is 0 Å². The van der Waals surface area contributed by atoms with Crippen molar-refractivity contribution in [2.45, 2.75) is 19.8 Å². The highest BCUT2D eigenvalue weighted by molar-refractivity contribution is 6.33. The van der Waals surface area contributed by atoms with E-state index in [0.29, 0.717) is 28.4 Å². The predicted molar refractivity (Wildman–Crippen MR) is 91.0 cm³/mol. The highest BCUT2D eigenvalue weighted by Crippen LogP contribution is 2.21. The van der Waals surface area contributed by atoms with Crippen LogP contribution in [-0.2, 0) is 4.74 Å². The average molecular weight is 332 g/mol. The van der Waals surface area contributed by atoms with Crippen LogP contribution in [0.2, 0.25) is 5.02 Å². The van der Waals surface area contributed by atoms with E-state index in [1.807, 2.05) is 6.92 Å². The molecule has 4 nitrogen and oxygen atoms in total. The molecule has 0 aliphatic carbocycles. The zero-order valence-corrected chi connectivity index (χ0v) is 13.6. The maximum absolute atomic E-state index is 12.3. The fraction of sp³-hybridized carbons (Fsp3) is 0.222. The van der Waals surface area contributed by atoms with E-state index in [2.05, 4.69) is 5.32 Å². The summed E-state index contributed by atoms with van der Waals surface area (Å²) < 4.78 is 5.15. The lowest BCUT2D eigenvalue weighted by Gasteiger charge is -2.08. The SMILES string of the molecule is CCCCOC(=O)c1cccc(C(=O)Nc2ccccc2Cl)c1. The van der Waals surface area contributed by atoms with Gasteiger partial charge in [-0.25, -0.2) is 4.79 Å². The maximum atomic E-state index is 12.3. The molecule has 0 unspecified atom stereocenters. The molecule has 0 fully saturated rings. The number of nitrogens with one attached hydrogen (secondary N) is 1. The fourth-order valence-electron chi connectivity index (χ4n) is 1.94. The third kappa shape index (κ3) is 4.83. The van der Waals surface area contributed by atoms with E-state index in [9.17, 15) is 9.59 Å². The van der Waals surface area contributed by atoms with Crippen LogP contribution in [-0.4, -0.2) is 18.5 Å². The summed E-state index contributed by atoms with van der Waals surface area (Å²) in [5.41, 5.74) is 1.25. The third-order valence-electron chi connectivity index (χ3n) is 3.21. The van der Waals surface area contributed by atoms with Crippen molar-refractivity contribution in [3.8, 4) is 0 Å². The number of halogens is 1. The molecular formula is C18H18ClNO3. The Balaban J connectivity index is 2.08. The van der Waals surface area contributed by atoms with Gasteiger partial charge < -0.3 is 10.1 Å². The molecule has 1 amide bonds. The van der Waals surface area contributed by atoms with Gasteiger partial charge in [0.15, 0.2) is 0 Å². The molecule has 5 heteroatoms. The highest BCUT2D eigenvalue weighted by Gasteiger charge is 2.12. The Morgan fingerprint density at radius 1 is 1.09 bits per heavy atom. The van der Waals surface area contributed by atoms with Crippen molar-refractivity contribution < 1.29 is 14.3 Å². The predicted octanol–water partition coefficient (Wildman–Crippen LogP) is 4.55. The molecule has 0 atom stereocenters. The van der Waals surface area contributed by atoms with Crippen molar-refractivity contribution in [1.82, 2.24) is 0 Å². The van der Waals surface area contributed by atoms with Gasteiger partial charge in [-0.05, 0) is 36.8 Å². The van der Waals surface area contributed by atoms with Crippen LogP contribution >= 0.6 is 11.6 Å². The zero-order valence-electron chi connectivity index (χ0n) is 12.8. The Morgan fingerprint density at radius 3 is 2.57 bits per heavy atom. The quantitative estimate of drug-likeness (QED) is 0.624. The first-order valence-corrected chi connectivity index (χ1v) is 7.82. The van der Waals surface area contributed by atoms with E-state index in [1.165, 1.54) is 6.07 Å². The molecule has 2 aromatic carbocycles. The number of rotatable bonds is 6. The van der Waals surface area contributed by atoms with Gasteiger partial charge in [0.25, 0.3) is 5.91 Å². The molecule has 2 rings (SSSR count). The topological polar surface area (TPSA) is 55.4 Å². The standard InChI is InChI=1S/C18H18ClNO3/c1-2-3-11-23-18(22)14-8-6-7-13(12-14)17(21)20-16-10-5-4-9-15(16)19/h4-10,12H,2-3,11H2,1H3,(H,20,21). The van der Waals surface area contributed by atoms with Crippen LogP contribution in [0, 0.1) is 0 Å². The van der Waals surface area contributed by atoms with E-state index >= 15 is 0 Å². The molecule has 0 aromatic heterocycles. The van der Waals surface area contributed by atoms with E-state index in [0.717, 1.165) is 12.8 Å². The lowest BCUT2D eigenvalue weighted by molar-refractivity contribution is 0.0499. The number of hydrogen-bond donors (Lipinski definition) is 1. The monoisotopic (exact) mass is 331 g/mol. The molecule has 0 heterocycles. The van der Waals surface area contributed by atoms with Crippen molar-refractivity contribution in [2.75, 3.05) is 11.9 Å². The molecule has 0 radical (unpaired) electrons. The molecule has 23 heavy (non-hydrogen) atoms. The number of amides is 1. The van der Waals surface area contributed by atoms with Gasteiger partial charge in [0.05, 0.1) is 22.9 Å². The summed E-state index contributed by atoms with van der Waals surface area (Å²) in [7, 11) is 0. The minimum atomic E-state index is -0.425. The number of esters is 1. The Labute approximate surface area is 140 Å². The molecule has 0 aliphatic heterocycles. The molecule has 0 aliphatic rings. The summed E-state index contributed by atoms with van der Waals surface area (Å²) in [5, 5.41) is 3.18. The van der Waals surface area contributed by atoms with Crippen LogP contribution in [0.25, 0.3) is 0 Å². The van der Waals surface area contributed by atoms with Gasteiger partial charge in [-0.2, -0.15) is 0 Å². The second-order valence-electron chi connectivity index (χ2n) is 5.00. The Hall–Kier alpha value is -2.33.